The molecule has 106 valence electrons. The van der Waals surface area contributed by atoms with Gasteiger partial charge in [0, 0.05) is 26.8 Å². The van der Waals surface area contributed by atoms with Crippen LogP contribution in [0.3, 0.4) is 0 Å². The van der Waals surface area contributed by atoms with Crippen LogP contribution in [0.1, 0.15) is 26.2 Å². The number of amides is 1. The summed E-state index contributed by atoms with van der Waals surface area (Å²) in [5.74, 6) is 0.410. The molecular weight excluding hydrogens is 232 g/mol. The van der Waals surface area contributed by atoms with E-state index >= 15 is 0 Å². The Kier molecular flexibility index (Phi) is 6.60. The zero-order valence-electron chi connectivity index (χ0n) is 11.6. The Morgan fingerprint density at radius 3 is 2.78 bits per heavy atom. The molecule has 0 aliphatic heterocycles. The van der Waals surface area contributed by atoms with Crippen LogP contribution in [0.25, 0.3) is 0 Å². The van der Waals surface area contributed by atoms with E-state index in [1.54, 1.807) is 14.2 Å². The fourth-order valence-corrected chi connectivity index (χ4v) is 2.49. The van der Waals surface area contributed by atoms with Crippen molar-refractivity contribution in [2.24, 2.45) is 17.6 Å². The van der Waals surface area contributed by atoms with E-state index in [0.29, 0.717) is 19.1 Å². The molecule has 0 bridgehead atoms. The molecule has 4 atom stereocenters. The average Bonchev–Trinajstić information content (AvgIpc) is 2.37. The van der Waals surface area contributed by atoms with Crippen molar-refractivity contribution in [1.82, 2.24) is 5.32 Å². The van der Waals surface area contributed by atoms with E-state index in [0.717, 1.165) is 19.3 Å². The summed E-state index contributed by atoms with van der Waals surface area (Å²) < 4.78 is 10.2. The fraction of sp³-hybridized carbons (Fsp3) is 0.923. The molecule has 0 aromatic heterocycles. The first-order valence-corrected chi connectivity index (χ1v) is 6.65. The van der Waals surface area contributed by atoms with Crippen LogP contribution in [0.15, 0.2) is 0 Å². The normalized spacial score (nSPS) is 29.9. The summed E-state index contributed by atoms with van der Waals surface area (Å²) in [7, 11) is 3.23. The van der Waals surface area contributed by atoms with Crippen LogP contribution in [-0.2, 0) is 14.3 Å². The number of carbonyl (C=O) groups excluding carboxylic acids is 1. The molecule has 3 N–H and O–H groups in total. The largest absolute Gasteiger partial charge is 0.382 e. The Morgan fingerprint density at radius 1 is 1.44 bits per heavy atom. The Bertz CT molecular complexity index is 261. The van der Waals surface area contributed by atoms with Gasteiger partial charge in [-0.2, -0.15) is 0 Å². The summed E-state index contributed by atoms with van der Waals surface area (Å²) in [5, 5.41) is 2.92. The van der Waals surface area contributed by atoms with Crippen molar-refractivity contribution < 1.29 is 14.3 Å². The lowest BCUT2D eigenvalue weighted by atomic mass is 9.78. The number of methoxy groups -OCH3 is 2. The maximum absolute atomic E-state index is 12.1. The third-order valence-corrected chi connectivity index (χ3v) is 3.82. The SMILES string of the molecule is COCC(CNC(=O)C1CCCC(C)C1N)OC. The first-order valence-electron chi connectivity index (χ1n) is 6.65. The number of hydrogen-bond donors (Lipinski definition) is 2. The van der Waals surface area contributed by atoms with Gasteiger partial charge in [0.2, 0.25) is 5.91 Å². The maximum Gasteiger partial charge on any atom is 0.224 e. The quantitative estimate of drug-likeness (QED) is 0.729. The second-order valence-corrected chi connectivity index (χ2v) is 5.15. The van der Waals surface area contributed by atoms with E-state index in [1.165, 1.54) is 0 Å². The van der Waals surface area contributed by atoms with Crippen molar-refractivity contribution in [2.75, 3.05) is 27.4 Å². The standard InChI is InChI=1S/C13H26N2O3/c1-9-5-4-6-11(12(9)14)13(16)15-7-10(18-3)8-17-2/h9-12H,4-8,14H2,1-3H3,(H,15,16). The first-order chi connectivity index (χ1) is 8.60. The molecule has 1 aliphatic carbocycles. The summed E-state index contributed by atoms with van der Waals surface area (Å²) in [6.07, 6.45) is 2.99. The van der Waals surface area contributed by atoms with Gasteiger partial charge in [-0.05, 0) is 18.8 Å². The molecule has 1 saturated carbocycles. The summed E-state index contributed by atoms with van der Waals surface area (Å²) in [6, 6.07) is -0.0258. The molecule has 1 aliphatic rings. The first kappa shape index (κ1) is 15.4. The van der Waals surface area contributed by atoms with Crippen molar-refractivity contribution in [3.05, 3.63) is 0 Å². The molecule has 1 amide bonds. The van der Waals surface area contributed by atoms with Crippen molar-refractivity contribution >= 4 is 5.91 Å². The molecule has 0 aromatic carbocycles. The van der Waals surface area contributed by atoms with Crippen LogP contribution in [0, 0.1) is 11.8 Å². The molecule has 5 heteroatoms. The highest BCUT2D eigenvalue weighted by Gasteiger charge is 2.32. The summed E-state index contributed by atoms with van der Waals surface area (Å²) >= 11 is 0. The minimum atomic E-state index is -0.101. The molecule has 0 aromatic rings. The number of nitrogens with one attached hydrogen (secondary N) is 1. The average molecular weight is 258 g/mol. The smallest absolute Gasteiger partial charge is 0.224 e. The molecule has 1 rings (SSSR count). The van der Waals surface area contributed by atoms with Crippen molar-refractivity contribution in [1.29, 1.82) is 0 Å². The lowest BCUT2D eigenvalue weighted by molar-refractivity contribution is -0.127. The van der Waals surface area contributed by atoms with Crippen LogP contribution < -0.4 is 11.1 Å². The fourth-order valence-electron chi connectivity index (χ4n) is 2.49. The van der Waals surface area contributed by atoms with E-state index in [4.69, 9.17) is 15.2 Å². The number of nitrogens with two attached hydrogens (primary N) is 1. The molecule has 0 spiro atoms. The number of ether oxygens (including phenoxy) is 2. The van der Waals surface area contributed by atoms with Crippen LogP contribution >= 0.6 is 0 Å². The molecular formula is C13H26N2O3. The zero-order chi connectivity index (χ0) is 13.5. The van der Waals surface area contributed by atoms with Crippen LogP contribution in [0.2, 0.25) is 0 Å². The van der Waals surface area contributed by atoms with Gasteiger partial charge in [0.05, 0.1) is 18.6 Å². The van der Waals surface area contributed by atoms with E-state index in [9.17, 15) is 4.79 Å². The molecule has 0 saturated heterocycles. The summed E-state index contributed by atoms with van der Waals surface area (Å²) in [4.78, 5) is 12.1. The topological polar surface area (TPSA) is 73.6 Å². The van der Waals surface area contributed by atoms with Gasteiger partial charge in [-0.15, -0.1) is 0 Å². The number of carbonyl (C=O) groups is 1. The summed E-state index contributed by atoms with van der Waals surface area (Å²) in [6.45, 7) is 3.07. The Morgan fingerprint density at radius 2 is 2.17 bits per heavy atom. The minimum absolute atomic E-state index is 0.0258. The highest BCUT2D eigenvalue weighted by Crippen LogP contribution is 2.27. The minimum Gasteiger partial charge on any atom is -0.382 e. The highest BCUT2D eigenvalue weighted by molar-refractivity contribution is 5.79. The summed E-state index contributed by atoms with van der Waals surface area (Å²) in [5.41, 5.74) is 6.10. The van der Waals surface area contributed by atoms with E-state index < -0.39 is 0 Å². The van der Waals surface area contributed by atoms with Crippen molar-refractivity contribution in [3.63, 3.8) is 0 Å². The molecule has 1 fully saturated rings. The predicted molar refractivity (Wildman–Crippen MR) is 70.2 cm³/mol. The van der Waals surface area contributed by atoms with E-state index in [1.807, 2.05) is 0 Å². The third kappa shape index (κ3) is 4.23. The van der Waals surface area contributed by atoms with Crippen LogP contribution in [0.5, 0.6) is 0 Å². The van der Waals surface area contributed by atoms with Crippen molar-refractivity contribution in [2.45, 2.75) is 38.3 Å². The van der Waals surface area contributed by atoms with E-state index in [2.05, 4.69) is 12.2 Å². The Labute approximate surface area is 109 Å². The van der Waals surface area contributed by atoms with Gasteiger partial charge in [-0.25, -0.2) is 0 Å². The lowest BCUT2D eigenvalue weighted by Crippen LogP contribution is -2.49. The second-order valence-electron chi connectivity index (χ2n) is 5.15. The van der Waals surface area contributed by atoms with Crippen LogP contribution in [-0.4, -0.2) is 45.4 Å². The molecule has 4 unspecified atom stereocenters. The second kappa shape index (κ2) is 7.71. The van der Waals surface area contributed by atoms with Crippen LogP contribution in [0.4, 0.5) is 0 Å². The zero-order valence-corrected chi connectivity index (χ0v) is 11.6. The predicted octanol–water partition coefficient (Wildman–Crippen LogP) is 0.528. The molecule has 0 heterocycles. The molecule has 18 heavy (non-hydrogen) atoms. The van der Waals surface area contributed by atoms with Gasteiger partial charge >= 0.3 is 0 Å². The van der Waals surface area contributed by atoms with Gasteiger partial charge in [0.1, 0.15) is 0 Å². The van der Waals surface area contributed by atoms with Gasteiger partial charge in [0.15, 0.2) is 0 Å². The lowest BCUT2D eigenvalue weighted by Gasteiger charge is -2.33. The molecule has 0 radical (unpaired) electrons. The van der Waals surface area contributed by atoms with E-state index in [-0.39, 0.29) is 24.0 Å². The van der Waals surface area contributed by atoms with Crippen molar-refractivity contribution in [3.8, 4) is 0 Å². The Hall–Kier alpha value is -0.650. The van der Waals surface area contributed by atoms with Gasteiger partial charge in [0.25, 0.3) is 0 Å². The highest BCUT2D eigenvalue weighted by atomic mass is 16.5. The van der Waals surface area contributed by atoms with Gasteiger partial charge in [-0.3, -0.25) is 4.79 Å². The molecule has 5 nitrogen and oxygen atoms in total. The third-order valence-electron chi connectivity index (χ3n) is 3.82. The number of hydrogen-bond acceptors (Lipinski definition) is 4. The monoisotopic (exact) mass is 258 g/mol. The van der Waals surface area contributed by atoms with Gasteiger partial charge in [-0.1, -0.05) is 13.3 Å². The van der Waals surface area contributed by atoms with Gasteiger partial charge < -0.3 is 20.5 Å². The Balaban J connectivity index is 2.39. The maximum atomic E-state index is 12.1. The number of rotatable bonds is 6.